The summed E-state index contributed by atoms with van der Waals surface area (Å²) in [5.41, 5.74) is 2.56. The van der Waals surface area contributed by atoms with E-state index < -0.39 is 5.97 Å². The number of carbonyl (C=O) groups is 1. The predicted octanol–water partition coefficient (Wildman–Crippen LogP) is 5.88. The lowest BCUT2D eigenvalue weighted by Gasteiger charge is -2.16. The molecule has 5 nitrogen and oxygen atoms in total. The van der Waals surface area contributed by atoms with Gasteiger partial charge in [-0.25, -0.2) is 9.18 Å². The molecule has 0 aliphatic carbocycles. The van der Waals surface area contributed by atoms with Crippen LogP contribution in [0.15, 0.2) is 65.1 Å². The normalized spacial score (nSPS) is 10.5. The van der Waals surface area contributed by atoms with Crippen LogP contribution in [0, 0.1) is 5.82 Å². The Morgan fingerprint density at radius 1 is 1.07 bits per heavy atom. The van der Waals surface area contributed by atoms with Gasteiger partial charge in [0.15, 0.2) is 11.5 Å². The van der Waals surface area contributed by atoms with E-state index in [0.717, 1.165) is 5.56 Å². The largest absolute Gasteiger partial charge is 0.490 e. The van der Waals surface area contributed by atoms with Crippen molar-refractivity contribution in [1.29, 1.82) is 0 Å². The number of carboxylic acids is 1. The van der Waals surface area contributed by atoms with E-state index in [1.165, 1.54) is 12.1 Å². The Morgan fingerprint density at radius 2 is 1.87 bits per heavy atom. The summed E-state index contributed by atoms with van der Waals surface area (Å²) in [6, 6.07) is 16.6. The first-order valence-electron chi connectivity index (χ1n) is 9.36. The molecule has 0 amide bonds. The standard InChI is InChI=1S/C23H21BrFNO4/c1-2-29-21-11-16(13-26-19-8-4-6-17(12-19)23(27)28)10-20(24)22(21)30-14-15-5-3-7-18(25)9-15/h3-12,26H,2,13-14H2,1H3,(H,27,28). The fourth-order valence-electron chi connectivity index (χ4n) is 2.88. The average molecular weight is 474 g/mol. The van der Waals surface area contributed by atoms with Crippen molar-refractivity contribution >= 4 is 27.6 Å². The minimum absolute atomic E-state index is 0.204. The first kappa shape index (κ1) is 21.6. The van der Waals surface area contributed by atoms with Gasteiger partial charge in [-0.3, -0.25) is 0 Å². The Bertz CT molecular complexity index is 1040. The summed E-state index contributed by atoms with van der Waals surface area (Å²) in [5, 5.41) is 12.3. The van der Waals surface area contributed by atoms with Gasteiger partial charge in [0.05, 0.1) is 16.6 Å². The summed E-state index contributed by atoms with van der Waals surface area (Å²) in [4.78, 5) is 11.1. The first-order chi connectivity index (χ1) is 14.5. The highest BCUT2D eigenvalue weighted by molar-refractivity contribution is 9.10. The molecule has 0 saturated heterocycles. The van der Waals surface area contributed by atoms with Crippen LogP contribution in [0.3, 0.4) is 0 Å². The summed E-state index contributed by atoms with van der Waals surface area (Å²) >= 11 is 3.53. The highest BCUT2D eigenvalue weighted by Gasteiger charge is 2.13. The minimum atomic E-state index is -0.972. The molecule has 0 aliphatic heterocycles. The Kier molecular flexibility index (Phi) is 7.30. The maximum absolute atomic E-state index is 13.4. The van der Waals surface area contributed by atoms with Gasteiger partial charge in [0.1, 0.15) is 12.4 Å². The van der Waals surface area contributed by atoms with Gasteiger partial charge in [0.2, 0.25) is 0 Å². The van der Waals surface area contributed by atoms with Crippen molar-refractivity contribution in [3.8, 4) is 11.5 Å². The molecule has 156 valence electrons. The zero-order valence-electron chi connectivity index (χ0n) is 16.3. The maximum Gasteiger partial charge on any atom is 0.335 e. The van der Waals surface area contributed by atoms with Crippen LogP contribution in [-0.4, -0.2) is 17.7 Å². The Hall–Kier alpha value is -3.06. The van der Waals surface area contributed by atoms with Crippen molar-refractivity contribution in [3.05, 3.63) is 87.6 Å². The lowest BCUT2D eigenvalue weighted by Crippen LogP contribution is -2.05. The van der Waals surface area contributed by atoms with Gasteiger partial charge in [0, 0.05) is 12.2 Å². The topological polar surface area (TPSA) is 67.8 Å². The summed E-state index contributed by atoms with van der Waals surface area (Å²) < 4.78 is 25.7. The van der Waals surface area contributed by atoms with Gasteiger partial charge >= 0.3 is 5.97 Å². The lowest BCUT2D eigenvalue weighted by atomic mass is 10.1. The molecule has 30 heavy (non-hydrogen) atoms. The van der Waals surface area contributed by atoms with Crippen molar-refractivity contribution in [2.24, 2.45) is 0 Å². The number of benzene rings is 3. The molecule has 0 bridgehead atoms. The minimum Gasteiger partial charge on any atom is -0.490 e. The number of halogens is 2. The molecule has 0 fully saturated rings. The third kappa shape index (κ3) is 5.73. The first-order valence-corrected chi connectivity index (χ1v) is 10.1. The summed E-state index contributed by atoms with van der Waals surface area (Å²) in [7, 11) is 0. The van der Waals surface area contributed by atoms with Crippen molar-refractivity contribution < 1.29 is 23.8 Å². The van der Waals surface area contributed by atoms with E-state index in [9.17, 15) is 9.18 Å². The van der Waals surface area contributed by atoms with Crippen molar-refractivity contribution in [3.63, 3.8) is 0 Å². The number of carboxylic acid groups (broad SMARTS) is 1. The molecule has 0 heterocycles. The van der Waals surface area contributed by atoms with E-state index in [4.69, 9.17) is 14.6 Å². The van der Waals surface area contributed by atoms with Gasteiger partial charge < -0.3 is 19.9 Å². The zero-order chi connectivity index (χ0) is 21.5. The molecular weight excluding hydrogens is 453 g/mol. The molecular formula is C23H21BrFNO4. The van der Waals surface area contributed by atoms with E-state index in [-0.39, 0.29) is 18.0 Å². The average Bonchev–Trinajstić information content (AvgIpc) is 2.72. The van der Waals surface area contributed by atoms with Crippen LogP contribution in [0.5, 0.6) is 11.5 Å². The number of rotatable bonds is 9. The van der Waals surface area contributed by atoms with Crippen LogP contribution >= 0.6 is 15.9 Å². The quantitative estimate of drug-likeness (QED) is 0.406. The SMILES string of the molecule is CCOc1cc(CNc2cccc(C(=O)O)c2)cc(Br)c1OCc1cccc(F)c1. The smallest absolute Gasteiger partial charge is 0.335 e. The van der Waals surface area contributed by atoms with Crippen LogP contribution in [0.1, 0.15) is 28.4 Å². The van der Waals surface area contributed by atoms with Crippen LogP contribution in [-0.2, 0) is 13.2 Å². The molecule has 0 atom stereocenters. The third-order valence-electron chi connectivity index (χ3n) is 4.25. The number of aromatic carboxylic acids is 1. The van der Waals surface area contributed by atoms with Crippen LogP contribution < -0.4 is 14.8 Å². The van der Waals surface area contributed by atoms with Crippen LogP contribution in [0.4, 0.5) is 10.1 Å². The molecule has 0 unspecified atom stereocenters. The second kappa shape index (κ2) is 10.1. The zero-order valence-corrected chi connectivity index (χ0v) is 17.9. The third-order valence-corrected chi connectivity index (χ3v) is 4.84. The van der Waals surface area contributed by atoms with Crippen molar-refractivity contribution in [2.75, 3.05) is 11.9 Å². The predicted molar refractivity (Wildman–Crippen MR) is 117 cm³/mol. The van der Waals surface area contributed by atoms with Crippen LogP contribution in [0.2, 0.25) is 0 Å². The second-order valence-corrected chi connectivity index (χ2v) is 7.35. The fourth-order valence-corrected chi connectivity index (χ4v) is 3.48. The highest BCUT2D eigenvalue weighted by Crippen LogP contribution is 2.37. The summed E-state index contributed by atoms with van der Waals surface area (Å²) in [5.74, 6) is -0.175. The molecule has 0 spiro atoms. The monoisotopic (exact) mass is 473 g/mol. The molecule has 7 heteroatoms. The van der Waals surface area contributed by atoms with E-state index >= 15 is 0 Å². The van der Waals surface area contributed by atoms with E-state index in [1.807, 2.05) is 19.1 Å². The summed E-state index contributed by atoms with van der Waals surface area (Å²) in [6.45, 7) is 3.01. The molecule has 3 rings (SSSR count). The second-order valence-electron chi connectivity index (χ2n) is 6.50. The Labute approximate surface area is 182 Å². The molecule has 2 N–H and O–H groups in total. The molecule has 3 aromatic rings. The lowest BCUT2D eigenvalue weighted by molar-refractivity contribution is 0.0697. The van der Waals surface area contributed by atoms with Gasteiger partial charge in [-0.15, -0.1) is 0 Å². The van der Waals surface area contributed by atoms with E-state index in [1.54, 1.807) is 36.4 Å². The Morgan fingerprint density at radius 3 is 2.60 bits per heavy atom. The van der Waals surface area contributed by atoms with Crippen molar-refractivity contribution in [1.82, 2.24) is 0 Å². The number of ether oxygens (including phenoxy) is 2. The van der Waals surface area contributed by atoms with E-state index in [2.05, 4.69) is 21.2 Å². The maximum atomic E-state index is 13.4. The molecule has 0 aliphatic rings. The number of anilines is 1. The van der Waals surface area contributed by atoms with Gasteiger partial charge in [-0.05, 0) is 76.4 Å². The van der Waals surface area contributed by atoms with Crippen LogP contribution in [0.25, 0.3) is 0 Å². The Balaban J connectivity index is 1.75. The molecule has 3 aromatic carbocycles. The number of nitrogens with one attached hydrogen (secondary N) is 1. The number of hydrogen-bond donors (Lipinski definition) is 2. The van der Waals surface area contributed by atoms with E-state index in [0.29, 0.717) is 40.4 Å². The highest BCUT2D eigenvalue weighted by atomic mass is 79.9. The van der Waals surface area contributed by atoms with Crippen molar-refractivity contribution in [2.45, 2.75) is 20.1 Å². The molecule has 0 saturated carbocycles. The molecule has 0 aromatic heterocycles. The fraction of sp³-hybridized carbons (Fsp3) is 0.174. The van der Waals surface area contributed by atoms with Gasteiger partial charge in [0.25, 0.3) is 0 Å². The molecule has 0 radical (unpaired) electrons. The van der Waals surface area contributed by atoms with Gasteiger partial charge in [-0.2, -0.15) is 0 Å². The summed E-state index contributed by atoms with van der Waals surface area (Å²) in [6.07, 6.45) is 0. The number of hydrogen-bond acceptors (Lipinski definition) is 4. The van der Waals surface area contributed by atoms with Gasteiger partial charge in [-0.1, -0.05) is 18.2 Å².